The first-order chi connectivity index (χ1) is 9.43. The Morgan fingerprint density at radius 2 is 1.90 bits per heavy atom. The van der Waals surface area contributed by atoms with Crippen LogP contribution in [0.1, 0.15) is 70.3 Å². The standard InChI is InChI=1S/C16H26IN3/c1-5-10-18-15-13(17)11(2)19-14(20-15)12-6-8-16(3,4)9-7-12/h12H,5-10H2,1-4H3,(H,18,19,20). The van der Waals surface area contributed by atoms with Gasteiger partial charge in [0, 0.05) is 12.5 Å². The number of hydrogen-bond acceptors (Lipinski definition) is 3. The molecular weight excluding hydrogens is 361 g/mol. The number of anilines is 1. The summed E-state index contributed by atoms with van der Waals surface area (Å²) >= 11 is 2.35. The van der Waals surface area contributed by atoms with E-state index < -0.39 is 0 Å². The Balaban J connectivity index is 2.18. The first-order valence-electron chi connectivity index (χ1n) is 7.71. The lowest BCUT2D eigenvalue weighted by molar-refractivity contribution is 0.220. The van der Waals surface area contributed by atoms with Crippen molar-refractivity contribution in [3.8, 4) is 0 Å². The molecule has 3 nitrogen and oxygen atoms in total. The van der Waals surface area contributed by atoms with Gasteiger partial charge in [-0.1, -0.05) is 20.8 Å². The SMILES string of the molecule is CCCNc1nc(C2CCC(C)(C)CC2)nc(C)c1I. The third-order valence-corrected chi connectivity index (χ3v) is 5.57. The molecule has 0 unspecified atom stereocenters. The van der Waals surface area contributed by atoms with Crippen LogP contribution >= 0.6 is 22.6 Å². The van der Waals surface area contributed by atoms with E-state index in [2.05, 4.69) is 55.6 Å². The molecule has 1 N–H and O–H groups in total. The highest BCUT2D eigenvalue weighted by atomic mass is 127. The van der Waals surface area contributed by atoms with Crippen molar-refractivity contribution in [1.29, 1.82) is 0 Å². The van der Waals surface area contributed by atoms with Gasteiger partial charge in [-0.3, -0.25) is 0 Å². The molecule has 1 saturated carbocycles. The van der Waals surface area contributed by atoms with Crippen LogP contribution in [0.15, 0.2) is 0 Å². The van der Waals surface area contributed by atoms with Crippen molar-refractivity contribution in [2.24, 2.45) is 5.41 Å². The summed E-state index contributed by atoms with van der Waals surface area (Å²) in [7, 11) is 0. The average molecular weight is 387 g/mol. The van der Waals surface area contributed by atoms with Gasteiger partial charge >= 0.3 is 0 Å². The fourth-order valence-corrected chi connectivity index (χ4v) is 3.21. The summed E-state index contributed by atoms with van der Waals surface area (Å²) in [6, 6.07) is 0. The van der Waals surface area contributed by atoms with Gasteiger partial charge in [0.15, 0.2) is 0 Å². The number of hydrogen-bond donors (Lipinski definition) is 1. The molecule has 112 valence electrons. The maximum Gasteiger partial charge on any atom is 0.143 e. The van der Waals surface area contributed by atoms with Gasteiger partial charge in [0.05, 0.1) is 9.26 Å². The van der Waals surface area contributed by atoms with E-state index in [-0.39, 0.29) is 0 Å². The summed E-state index contributed by atoms with van der Waals surface area (Å²) in [6.07, 6.45) is 6.13. The van der Waals surface area contributed by atoms with Gasteiger partial charge in [-0.25, -0.2) is 9.97 Å². The molecule has 1 aliphatic rings. The molecule has 0 saturated heterocycles. The van der Waals surface area contributed by atoms with Crippen molar-refractivity contribution in [3.63, 3.8) is 0 Å². The highest BCUT2D eigenvalue weighted by Crippen LogP contribution is 2.41. The molecule has 0 amide bonds. The lowest BCUT2D eigenvalue weighted by atomic mass is 9.73. The fourth-order valence-electron chi connectivity index (χ4n) is 2.78. The van der Waals surface area contributed by atoms with E-state index in [1.54, 1.807) is 0 Å². The first kappa shape index (κ1) is 16.0. The highest BCUT2D eigenvalue weighted by Gasteiger charge is 2.29. The summed E-state index contributed by atoms with van der Waals surface area (Å²) in [4.78, 5) is 9.57. The van der Waals surface area contributed by atoms with Gasteiger partial charge in [0.1, 0.15) is 11.6 Å². The summed E-state index contributed by atoms with van der Waals surface area (Å²) in [5.74, 6) is 2.62. The predicted molar refractivity (Wildman–Crippen MR) is 93.3 cm³/mol. The molecule has 2 rings (SSSR count). The number of nitrogens with one attached hydrogen (secondary N) is 1. The van der Waals surface area contributed by atoms with Crippen LogP contribution in [0.2, 0.25) is 0 Å². The molecule has 1 aromatic heterocycles. The summed E-state index contributed by atoms with van der Waals surface area (Å²) in [6.45, 7) is 9.99. The van der Waals surface area contributed by atoms with Crippen molar-refractivity contribution in [2.75, 3.05) is 11.9 Å². The zero-order valence-corrected chi connectivity index (χ0v) is 15.2. The third-order valence-electron chi connectivity index (χ3n) is 4.28. The molecule has 4 heteroatoms. The molecule has 1 aliphatic carbocycles. The molecule has 0 bridgehead atoms. The minimum atomic E-state index is 0.498. The van der Waals surface area contributed by atoms with Gasteiger partial charge in [-0.15, -0.1) is 0 Å². The van der Waals surface area contributed by atoms with Crippen molar-refractivity contribution in [3.05, 3.63) is 15.1 Å². The third kappa shape index (κ3) is 3.83. The fraction of sp³-hybridized carbons (Fsp3) is 0.750. The monoisotopic (exact) mass is 387 g/mol. The Morgan fingerprint density at radius 1 is 1.25 bits per heavy atom. The molecule has 0 aromatic carbocycles. The van der Waals surface area contributed by atoms with Crippen LogP contribution < -0.4 is 5.32 Å². The largest absolute Gasteiger partial charge is 0.369 e. The van der Waals surface area contributed by atoms with E-state index in [1.165, 1.54) is 25.7 Å². The van der Waals surface area contributed by atoms with Gasteiger partial charge in [0.25, 0.3) is 0 Å². The van der Waals surface area contributed by atoms with E-state index >= 15 is 0 Å². The minimum Gasteiger partial charge on any atom is -0.369 e. The van der Waals surface area contributed by atoms with Gasteiger partial charge < -0.3 is 5.32 Å². The Bertz CT molecular complexity index is 461. The van der Waals surface area contributed by atoms with E-state index in [1.807, 2.05) is 0 Å². The quantitative estimate of drug-likeness (QED) is 0.748. The van der Waals surface area contributed by atoms with Crippen molar-refractivity contribution < 1.29 is 0 Å². The number of aryl methyl sites for hydroxylation is 1. The molecule has 0 radical (unpaired) electrons. The highest BCUT2D eigenvalue weighted by molar-refractivity contribution is 14.1. The predicted octanol–water partition coefficient (Wildman–Crippen LogP) is 4.90. The molecule has 1 fully saturated rings. The molecule has 1 aromatic rings. The average Bonchev–Trinajstić information content (AvgIpc) is 2.40. The summed E-state index contributed by atoms with van der Waals surface area (Å²) in [5, 5.41) is 3.44. The number of aromatic nitrogens is 2. The summed E-state index contributed by atoms with van der Waals surface area (Å²) < 4.78 is 1.16. The molecule has 0 atom stereocenters. The van der Waals surface area contributed by atoms with Crippen LogP contribution in [-0.4, -0.2) is 16.5 Å². The van der Waals surface area contributed by atoms with Crippen LogP contribution in [0.4, 0.5) is 5.82 Å². The smallest absolute Gasteiger partial charge is 0.143 e. The topological polar surface area (TPSA) is 37.8 Å². The van der Waals surface area contributed by atoms with Crippen LogP contribution in [0.3, 0.4) is 0 Å². The van der Waals surface area contributed by atoms with E-state index in [9.17, 15) is 0 Å². The molecule has 0 aliphatic heterocycles. The minimum absolute atomic E-state index is 0.498. The van der Waals surface area contributed by atoms with E-state index in [4.69, 9.17) is 9.97 Å². The molecular formula is C16H26IN3. The molecule has 0 spiro atoms. The van der Waals surface area contributed by atoms with Crippen LogP contribution in [0.25, 0.3) is 0 Å². The van der Waals surface area contributed by atoms with E-state index in [0.29, 0.717) is 11.3 Å². The van der Waals surface area contributed by atoms with Crippen molar-refractivity contribution in [2.45, 2.75) is 65.7 Å². The van der Waals surface area contributed by atoms with Gasteiger partial charge in [-0.05, 0) is 67.0 Å². The number of rotatable bonds is 4. The molecule has 20 heavy (non-hydrogen) atoms. The normalized spacial score (nSPS) is 19.1. The maximum atomic E-state index is 4.81. The Kier molecular flexibility index (Phi) is 5.26. The van der Waals surface area contributed by atoms with E-state index in [0.717, 1.165) is 33.9 Å². The zero-order chi connectivity index (χ0) is 14.8. The van der Waals surface area contributed by atoms with Crippen molar-refractivity contribution >= 4 is 28.4 Å². The summed E-state index contributed by atoms with van der Waals surface area (Å²) in [5.41, 5.74) is 1.61. The van der Waals surface area contributed by atoms with Crippen LogP contribution in [0, 0.1) is 15.9 Å². The van der Waals surface area contributed by atoms with Crippen LogP contribution in [0.5, 0.6) is 0 Å². The second-order valence-corrected chi connectivity index (χ2v) is 7.77. The first-order valence-corrected chi connectivity index (χ1v) is 8.79. The van der Waals surface area contributed by atoms with Crippen molar-refractivity contribution in [1.82, 2.24) is 9.97 Å². The maximum absolute atomic E-state index is 4.81. The lowest BCUT2D eigenvalue weighted by Gasteiger charge is -2.33. The zero-order valence-electron chi connectivity index (χ0n) is 13.1. The van der Waals surface area contributed by atoms with Gasteiger partial charge in [-0.2, -0.15) is 0 Å². The Labute approximate surface area is 136 Å². The van der Waals surface area contributed by atoms with Gasteiger partial charge in [0.2, 0.25) is 0 Å². The number of halogens is 1. The Hall–Kier alpha value is -0.390. The second-order valence-electron chi connectivity index (χ2n) is 6.70. The lowest BCUT2D eigenvalue weighted by Crippen LogP contribution is -2.22. The second kappa shape index (κ2) is 6.58. The molecule has 1 heterocycles. The van der Waals surface area contributed by atoms with Crippen LogP contribution in [-0.2, 0) is 0 Å². The Morgan fingerprint density at radius 3 is 2.50 bits per heavy atom. The number of nitrogens with zero attached hydrogens (tertiary/aromatic N) is 2.